The molecule has 1 saturated heterocycles. The minimum Gasteiger partial charge on any atom is -0.476 e. The third kappa shape index (κ3) is 2.99. The van der Waals surface area contributed by atoms with Crippen molar-refractivity contribution in [3.63, 3.8) is 0 Å². The first-order chi connectivity index (χ1) is 8.69. The Hall–Kier alpha value is -2.05. The summed E-state index contributed by atoms with van der Waals surface area (Å²) < 4.78 is 5.09. The van der Waals surface area contributed by atoms with Crippen LogP contribution < -0.4 is 0 Å². The van der Waals surface area contributed by atoms with Crippen molar-refractivity contribution in [1.29, 1.82) is 0 Å². The first kappa shape index (κ1) is 12.4. The molecule has 0 aliphatic carbocycles. The molecule has 1 aromatic rings. The smallest absolute Gasteiger partial charge is 0.357 e. The number of hydrogen-bond acceptors (Lipinski definition) is 5. The van der Waals surface area contributed by atoms with Crippen LogP contribution in [0.25, 0.3) is 10.4 Å². The number of azide groups is 1. The van der Waals surface area contributed by atoms with Crippen molar-refractivity contribution < 1.29 is 14.3 Å². The summed E-state index contributed by atoms with van der Waals surface area (Å²) in [6.45, 7) is 2.05. The van der Waals surface area contributed by atoms with E-state index in [-0.39, 0.29) is 11.7 Å². The third-order valence-corrected chi connectivity index (χ3v) is 2.90. The number of rotatable bonds is 4. The summed E-state index contributed by atoms with van der Waals surface area (Å²) >= 11 is 0. The molecule has 96 valence electrons. The summed E-state index contributed by atoms with van der Waals surface area (Å²) in [6.07, 6.45) is 2.75. The molecule has 0 spiro atoms. The highest BCUT2D eigenvalue weighted by molar-refractivity contribution is 5.84. The van der Waals surface area contributed by atoms with Crippen molar-refractivity contribution >= 4 is 5.97 Å². The van der Waals surface area contributed by atoms with E-state index in [1.165, 1.54) is 0 Å². The molecule has 0 radical (unpaired) electrons. The Labute approximate surface area is 103 Å². The minimum absolute atomic E-state index is 0.0605. The fourth-order valence-electron chi connectivity index (χ4n) is 1.94. The molecule has 0 bridgehead atoms. The fourth-order valence-corrected chi connectivity index (χ4v) is 1.94. The van der Waals surface area contributed by atoms with Crippen LogP contribution >= 0.6 is 0 Å². The lowest BCUT2D eigenvalue weighted by molar-refractivity contribution is 0.0690. The molecule has 1 N–H and O–H groups in total. The van der Waals surface area contributed by atoms with Crippen LogP contribution in [0.4, 0.5) is 0 Å². The van der Waals surface area contributed by atoms with Crippen LogP contribution in [0, 0.1) is 0 Å². The van der Waals surface area contributed by atoms with E-state index in [4.69, 9.17) is 15.1 Å². The number of aromatic nitrogens is 1. The Kier molecular flexibility index (Phi) is 3.81. The number of carboxylic acid groups (broad SMARTS) is 1. The summed E-state index contributed by atoms with van der Waals surface area (Å²) in [6, 6.07) is 0.0605. The van der Waals surface area contributed by atoms with E-state index in [1.807, 2.05) is 0 Å². The molecule has 0 atom stereocenters. The van der Waals surface area contributed by atoms with Crippen LogP contribution in [0.1, 0.15) is 29.2 Å². The highest BCUT2D eigenvalue weighted by Gasteiger charge is 2.20. The first-order valence-corrected chi connectivity index (χ1v) is 5.63. The molecular weight excluding hydrogens is 238 g/mol. The van der Waals surface area contributed by atoms with Crippen LogP contribution in [0.5, 0.6) is 0 Å². The van der Waals surface area contributed by atoms with Crippen LogP contribution in [0.3, 0.4) is 0 Å². The van der Waals surface area contributed by atoms with Crippen LogP contribution in [0.15, 0.2) is 15.8 Å². The predicted octanol–water partition coefficient (Wildman–Crippen LogP) is 1.65. The summed E-state index contributed by atoms with van der Waals surface area (Å²) in [7, 11) is 0. The Morgan fingerprint density at radius 2 is 2.39 bits per heavy atom. The topological polar surface area (TPSA) is 115 Å². The number of oxazole rings is 1. The number of aromatic carboxylic acids is 1. The fraction of sp³-hybridized carbons (Fsp3) is 0.600. The van der Waals surface area contributed by atoms with Gasteiger partial charge in [-0.3, -0.25) is 4.90 Å². The summed E-state index contributed by atoms with van der Waals surface area (Å²) in [4.78, 5) is 19.4. The zero-order valence-corrected chi connectivity index (χ0v) is 9.69. The number of piperidine rings is 1. The van der Waals surface area contributed by atoms with E-state index in [0.717, 1.165) is 32.2 Å². The lowest BCUT2D eigenvalue weighted by Crippen LogP contribution is -2.34. The number of likely N-dealkylation sites (tertiary alicyclic amines) is 1. The van der Waals surface area contributed by atoms with Crippen LogP contribution in [-0.2, 0) is 6.54 Å². The summed E-state index contributed by atoms with van der Waals surface area (Å²) in [5.74, 6) is -0.693. The zero-order valence-electron chi connectivity index (χ0n) is 9.69. The van der Waals surface area contributed by atoms with E-state index in [9.17, 15) is 4.79 Å². The molecule has 1 aromatic heterocycles. The van der Waals surface area contributed by atoms with Gasteiger partial charge in [0, 0.05) is 11.0 Å². The molecule has 0 unspecified atom stereocenters. The standard InChI is InChI=1S/C10H13N5O3/c11-14-13-7-1-3-15(4-2-7)5-9-12-8(6-18-9)10(16)17/h6-7H,1-5H2,(H,16,17). The molecule has 8 heteroatoms. The maximum Gasteiger partial charge on any atom is 0.357 e. The maximum absolute atomic E-state index is 10.6. The van der Waals surface area contributed by atoms with Gasteiger partial charge in [-0.05, 0) is 31.5 Å². The average molecular weight is 251 g/mol. The molecule has 2 heterocycles. The van der Waals surface area contributed by atoms with Gasteiger partial charge in [0.05, 0.1) is 6.54 Å². The molecule has 0 aromatic carbocycles. The van der Waals surface area contributed by atoms with Gasteiger partial charge in [0.15, 0.2) is 5.69 Å². The summed E-state index contributed by atoms with van der Waals surface area (Å²) in [5, 5.41) is 12.4. The first-order valence-electron chi connectivity index (χ1n) is 5.63. The monoisotopic (exact) mass is 251 g/mol. The SMILES string of the molecule is [N-]=[N+]=NC1CCN(Cc2nc(C(=O)O)co2)CC1. The van der Waals surface area contributed by atoms with Crippen molar-refractivity contribution in [2.75, 3.05) is 13.1 Å². The predicted molar refractivity (Wildman–Crippen MR) is 60.9 cm³/mol. The van der Waals surface area contributed by atoms with Crippen LogP contribution in [-0.4, -0.2) is 40.1 Å². The Morgan fingerprint density at radius 1 is 1.67 bits per heavy atom. The molecule has 0 amide bonds. The second-order valence-corrected chi connectivity index (χ2v) is 4.14. The normalized spacial score (nSPS) is 17.3. The molecule has 1 aliphatic rings. The van der Waals surface area contributed by atoms with E-state index < -0.39 is 5.97 Å². The average Bonchev–Trinajstić information content (AvgIpc) is 2.81. The molecule has 0 saturated carbocycles. The quantitative estimate of drug-likeness (QED) is 0.496. The van der Waals surface area contributed by atoms with Gasteiger partial charge >= 0.3 is 5.97 Å². The van der Waals surface area contributed by atoms with Gasteiger partial charge < -0.3 is 9.52 Å². The number of carboxylic acids is 1. The lowest BCUT2D eigenvalue weighted by atomic mass is 10.1. The van der Waals surface area contributed by atoms with Gasteiger partial charge in [0.25, 0.3) is 0 Å². The summed E-state index contributed by atoms with van der Waals surface area (Å²) in [5.41, 5.74) is 8.26. The van der Waals surface area contributed by atoms with Crippen molar-refractivity contribution in [3.8, 4) is 0 Å². The Balaban J connectivity index is 1.87. The number of hydrogen-bond donors (Lipinski definition) is 1. The number of nitrogens with zero attached hydrogens (tertiary/aromatic N) is 5. The van der Waals surface area contributed by atoms with Crippen molar-refractivity contribution in [1.82, 2.24) is 9.88 Å². The van der Waals surface area contributed by atoms with Crippen molar-refractivity contribution in [3.05, 3.63) is 28.3 Å². The second kappa shape index (κ2) is 5.52. The van der Waals surface area contributed by atoms with Gasteiger partial charge in [0.2, 0.25) is 5.89 Å². The van der Waals surface area contributed by atoms with Crippen molar-refractivity contribution in [2.24, 2.45) is 5.11 Å². The molecule has 1 fully saturated rings. The third-order valence-electron chi connectivity index (χ3n) is 2.90. The van der Waals surface area contributed by atoms with Gasteiger partial charge in [0.1, 0.15) is 6.26 Å². The van der Waals surface area contributed by atoms with Gasteiger partial charge in [-0.25, -0.2) is 9.78 Å². The second-order valence-electron chi connectivity index (χ2n) is 4.14. The highest BCUT2D eigenvalue weighted by atomic mass is 16.4. The largest absolute Gasteiger partial charge is 0.476 e. The van der Waals surface area contributed by atoms with E-state index in [1.54, 1.807) is 0 Å². The molecule has 1 aliphatic heterocycles. The van der Waals surface area contributed by atoms with E-state index in [2.05, 4.69) is 19.9 Å². The van der Waals surface area contributed by atoms with Gasteiger partial charge in [-0.1, -0.05) is 5.11 Å². The van der Waals surface area contributed by atoms with Gasteiger partial charge in [-0.2, -0.15) is 0 Å². The van der Waals surface area contributed by atoms with Crippen molar-refractivity contribution in [2.45, 2.75) is 25.4 Å². The Bertz CT molecular complexity index is 472. The van der Waals surface area contributed by atoms with E-state index in [0.29, 0.717) is 12.4 Å². The van der Waals surface area contributed by atoms with Crippen LogP contribution in [0.2, 0.25) is 0 Å². The maximum atomic E-state index is 10.6. The molecular formula is C10H13N5O3. The lowest BCUT2D eigenvalue weighted by Gasteiger charge is -2.28. The van der Waals surface area contributed by atoms with Gasteiger partial charge in [-0.15, -0.1) is 0 Å². The Morgan fingerprint density at radius 3 is 2.94 bits per heavy atom. The van der Waals surface area contributed by atoms with E-state index >= 15 is 0 Å². The molecule has 2 rings (SSSR count). The number of carbonyl (C=O) groups is 1. The zero-order chi connectivity index (χ0) is 13.0. The molecule has 18 heavy (non-hydrogen) atoms. The highest BCUT2D eigenvalue weighted by Crippen LogP contribution is 2.16. The molecule has 8 nitrogen and oxygen atoms in total. The minimum atomic E-state index is -1.09.